The van der Waals surface area contributed by atoms with Gasteiger partial charge in [0.15, 0.2) is 23.1 Å². The zero-order valence-electron chi connectivity index (χ0n) is 16.4. The first-order valence-electron chi connectivity index (χ1n) is 9.73. The van der Waals surface area contributed by atoms with Crippen molar-refractivity contribution in [1.29, 1.82) is 0 Å². The molecule has 2 aromatic carbocycles. The fraction of sp³-hybridized carbons (Fsp3) is 0.273. The van der Waals surface area contributed by atoms with Crippen LogP contribution in [0.15, 0.2) is 36.4 Å². The van der Waals surface area contributed by atoms with Gasteiger partial charge >= 0.3 is 0 Å². The van der Waals surface area contributed by atoms with Gasteiger partial charge in [0.1, 0.15) is 13.2 Å². The molecule has 9 heteroatoms. The van der Waals surface area contributed by atoms with Crippen LogP contribution in [-0.4, -0.2) is 61.0 Å². The minimum absolute atomic E-state index is 0.0778. The molecule has 2 aliphatic heterocycles. The van der Waals surface area contributed by atoms with Crippen LogP contribution in [0.25, 0.3) is 6.08 Å². The first-order chi connectivity index (χ1) is 14.9. The summed E-state index contributed by atoms with van der Waals surface area (Å²) >= 11 is 6.21. The highest BCUT2D eigenvalue weighted by molar-refractivity contribution is 6.32. The smallest absolute Gasteiger partial charge is 0.254 e. The van der Waals surface area contributed by atoms with Crippen LogP contribution in [0.2, 0.25) is 5.02 Å². The summed E-state index contributed by atoms with van der Waals surface area (Å²) < 4.78 is 37.5. The van der Waals surface area contributed by atoms with Crippen molar-refractivity contribution < 1.29 is 27.8 Å². The van der Waals surface area contributed by atoms with Gasteiger partial charge in [0.25, 0.3) is 5.91 Å². The molecule has 2 aromatic rings. The maximum atomic E-state index is 13.4. The van der Waals surface area contributed by atoms with Gasteiger partial charge in [-0.25, -0.2) is 8.78 Å². The van der Waals surface area contributed by atoms with Gasteiger partial charge < -0.3 is 19.3 Å². The lowest BCUT2D eigenvalue weighted by Gasteiger charge is -2.34. The number of hydrogen-bond acceptors (Lipinski definition) is 4. The van der Waals surface area contributed by atoms with Crippen LogP contribution >= 0.6 is 11.6 Å². The predicted molar refractivity (Wildman–Crippen MR) is 110 cm³/mol. The minimum atomic E-state index is -1.07. The Kier molecular flexibility index (Phi) is 6.08. The Balaban J connectivity index is 1.35. The molecule has 6 nitrogen and oxygen atoms in total. The highest BCUT2D eigenvalue weighted by Crippen LogP contribution is 2.38. The summed E-state index contributed by atoms with van der Waals surface area (Å²) in [4.78, 5) is 28.1. The zero-order valence-corrected chi connectivity index (χ0v) is 17.2. The van der Waals surface area contributed by atoms with Crippen LogP contribution in [0.5, 0.6) is 11.5 Å². The van der Waals surface area contributed by atoms with Crippen molar-refractivity contribution in [2.45, 2.75) is 0 Å². The fourth-order valence-corrected chi connectivity index (χ4v) is 3.72. The first kappa shape index (κ1) is 21.1. The SMILES string of the molecule is O=C(/C=C/c1cc(Cl)c2c(c1)OCCO2)N1CCN(C(=O)c2ccc(F)c(F)c2)CC1. The van der Waals surface area contributed by atoms with Crippen molar-refractivity contribution in [2.75, 3.05) is 39.4 Å². The average Bonchev–Trinajstić information content (AvgIpc) is 2.79. The lowest BCUT2D eigenvalue weighted by Crippen LogP contribution is -2.50. The largest absolute Gasteiger partial charge is 0.486 e. The summed E-state index contributed by atoms with van der Waals surface area (Å²) in [5, 5.41) is 0.411. The van der Waals surface area contributed by atoms with Crippen LogP contribution in [0.3, 0.4) is 0 Å². The molecular weight excluding hydrogens is 430 g/mol. The summed E-state index contributed by atoms with van der Waals surface area (Å²) in [6.45, 7) is 2.13. The molecule has 4 rings (SSSR count). The average molecular weight is 449 g/mol. The number of nitrogens with zero attached hydrogens (tertiary/aromatic N) is 2. The van der Waals surface area contributed by atoms with Crippen molar-refractivity contribution in [1.82, 2.24) is 9.80 Å². The van der Waals surface area contributed by atoms with E-state index in [1.807, 2.05) is 0 Å². The van der Waals surface area contributed by atoms with Crippen LogP contribution in [0.4, 0.5) is 8.78 Å². The molecule has 2 aliphatic rings. The van der Waals surface area contributed by atoms with Gasteiger partial charge in [0, 0.05) is 37.8 Å². The van der Waals surface area contributed by atoms with Crippen LogP contribution in [0, 0.1) is 11.6 Å². The van der Waals surface area contributed by atoms with Crippen molar-refractivity contribution >= 4 is 29.5 Å². The van der Waals surface area contributed by atoms with Gasteiger partial charge in [-0.05, 0) is 42.0 Å². The third-order valence-corrected chi connectivity index (χ3v) is 5.36. The summed E-state index contributed by atoms with van der Waals surface area (Å²) in [6, 6.07) is 6.51. The number of rotatable bonds is 3. The second kappa shape index (κ2) is 8.93. The van der Waals surface area contributed by atoms with Crippen molar-refractivity contribution in [2.24, 2.45) is 0 Å². The molecule has 0 bridgehead atoms. The first-order valence-corrected chi connectivity index (χ1v) is 10.1. The van der Waals surface area contributed by atoms with Crippen molar-refractivity contribution in [3.05, 3.63) is 64.2 Å². The number of halogens is 3. The lowest BCUT2D eigenvalue weighted by molar-refractivity contribution is -0.127. The van der Waals surface area contributed by atoms with Gasteiger partial charge in [0.2, 0.25) is 5.91 Å². The number of benzene rings is 2. The highest BCUT2D eigenvalue weighted by atomic mass is 35.5. The van der Waals surface area contributed by atoms with Gasteiger partial charge in [-0.3, -0.25) is 9.59 Å². The third-order valence-electron chi connectivity index (χ3n) is 5.08. The number of piperazine rings is 1. The van der Waals surface area contributed by atoms with E-state index in [9.17, 15) is 18.4 Å². The topological polar surface area (TPSA) is 59.1 Å². The summed E-state index contributed by atoms with van der Waals surface area (Å²) in [7, 11) is 0. The Bertz CT molecular complexity index is 1050. The molecule has 1 saturated heterocycles. The monoisotopic (exact) mass is 448 g/mol. The quantitative estimate of drug-likeness (QED) is 0.675. The van der Waals surface area contributed by atoms with Gasteiger partial charge in [-0.1, -0.05) is 11.6 Å². The number of hydrogen-bond donors (Lipinski definition) is 0. The number of ether oxygens (including phenoxy) is 2. The number of fused-ring (bicyclic) bond motifs is 1. The van der Waals surface area contributed by atoms with Crippen LogP contribution in [0.1, 0.15) is 15.9 Å². The van der Waals surface area contributed by atoms with Crippen LogP contribution < -0.4 is 9.47 Å². The summed E-state index contributed by atoms with van der Waals surface area (Å²) in [5.41, 5.74) is 0.781. The normalized spacial score (nSPS) is 16.0. The lowest BCUT2D eigenvalue weighted by atomic mass is 10.1. The van der Waals surface area contributed by atoms with E-state index in [-0.39, 0.29) is 11.5 Å². The van der Waals surface area contributed by atoms with E-state index < -0.39 is 17.5 Å². The molecule has 0 atom stereocenters. The second-order valence-electron chi connectivity index (χ2n) is 7.11. The molecule has 2 amide bonds. The number of carbonyl (C=O) groups is 2. The molecule has 0 saturated carbocycles. The maximum absolute atomic E-state index is 13.4. The number of carbonyl (C=O) groups excluding carboxylic acids is 2. The minimum Gasteiger partial charge on any atom is -0.486 e. The maximum Gasteiger partial charge on any atom is 0.254 e. The molecule has 0 N–H and O–H groups in total. The number of amides is 2. The van der Waals surface area contributed by atoms with E-state index in [0.29, 0.717) is 61.5 Å². The zero-order chi connectivity index (χ0) is 22.0. The van der Waals surface area contributed by atoms with E-state index in [2.05, 4.69) is 0 Å². The summed E-state index contributed by atoms with van der Waals surface area (Å²) in [6.07, 6.45) is 3.08. The standard InChI is InChI=1S/C22H19ClF2N2O4/c23-16-11-14(12-19-21(16)31-10-9-30-19)1-4-20(28)26-5-7-27(8-6-26)22(29)15-2-3-17(24)18(25)13-15/h1-4,11-13H,5-10H2/b4-1+. The highest BCUT2D eigenvalue weighted by Gasteiger charge is 2.24. The molecule has 31 heavy (non-hydrogen) atoms. The molecule has 1 fully saturated rings. The van der Waals surface area contributed by atoms with E-state index in [0.717, 1.165) is 12.1 Å². The molecule has 0 radical (unpaired) electrons. The van der Waals surface area contributed by atoms with Crippen LogP contribution in [-0.2, 0) is 4.79 Å². The molecule has 162 valence electrons. The van der Waals surface area contributed by atoms with Gasteiger partial charge in [0.05, 0.1) is 5.02 Å². The molecule has 0 aliphatic carbocycles. The molecular formula is C22H19ClF2N2O4. The Hall–Kier alpha value is -3.13. The van der Waals surface area contributed by atoms with Crippen molar-refractivity contribution in [3.8, 4) is 11.5 Å². The molecule has 0 unspecified atom stereocenters. The Labute approximate surface area is 182 Å². The van der Waals surface area contributed by atoms with E-state index in [1.54, 1.807) is 23.1 Å². The van der Waals surface area contributed by atoms with E-state index >= 15 is 0 Å². The summed E-state index contributed by atoms with van der Waals surface area (Å²) in [5.74, 6) is -1.63. The molecule has 0 spiro atoms. The Morgan fingerprint density at radius 3 is 2.39 bits per heavy atom. The van der Waals surface area contributed by atoms with E-state index in [4.69, 9.17) is 21.1 Å². The second-order valence-corrected chi connectivity index (χ2v) is 7.51. The predicted octanol–water partition coefficient (Wildman–Crippen LogP) is 3.39. The molecule has 2 heterocycles. The van der Waals surface area contributed by atoms with Crippen molar-refractivity contribution in [3.63, 3.8) is 0 Å². The Morgan fingerprint density at radius 1 is 0.935 bits per heavy atom. The third kappa shape index (κ3) is 4.64. The van der Waals surface area contributed by atoms with Gasteiger partial charge in [-0.2, -0.15) is 0 Å². The molecule has 0 aromatic heterocycles. The Morgan fingerprint density at radius 2 is 1.65 bits per heavy atom. The fourth-order valence-electron chi connectivity index (χ4n) is 3.44. The van der Waals surface area contributed by atoms with Gasteiger partial charge in [-0.15, -0.1) is 0 Å². The van der Waals surface area contributed by atoms with E-state index in [1.165, 1.54) is 17.0 Å².